The molecule has 0 saturated carbocycles. The molecule has 0 radical (unpaired) electrons. The second kappa shape index (κ2) is 3.65. The van der Waals surface area contributed by atoms with Crippen molar-refractivity contribution in [1.29, 1.82) is 0 Å². The molecule has 1 unspecified atom stereocenters. The third-order valence-corrected chi connectivity index (χ3v) is 1.93. The third kappa shape index (κ3) is 2.17. The zero-order valence-corrected chi connectivity index (χ0v) is 6.14. The van der Waals surface area contributed by atoms with E-state index in [0.29, 0.717) is 0 Å². The molecule has 0 saturated heterocycles. The van der Waals surface area contributed by atoms with Gasteiger partial charge < -0.3 is 0 Å². The van der Waals surface area contributed by atoms with Crippen molar-refractivity contribution in [1.82, 2.24) is 0 Å². The van der Waals surface area contributed by atoms with Gasteiger partial charge in [-0.05, 0) is 25.0 Å². The molecule has 52 valence electrons. The van der Waals surface area contributed by atoms with Crippen LogP contribution < -0.4 is 0 Å². The standard InChI is InChI=1S/C8H15N/c1-2-3-8-4-6-9-7-5-8/h6,8H,2-5,7H2,1H3. The van der Waals surface area contributed by atoms with E-state index in [2.05, 4.69) is 18.1 Å². The van der Waals surface area contributed by atoms with Crippen LogP contribution in [0.2, 0.25) is 0 Å². The molecule has 0 aromatic carbocycles. The van der Waals surface area contributed by atoms with Crippen LogP contribution in [0.4, 0.5) is 0 Å². The van der Waals surface area contributed by atoms with Crippen LogP contribution in [0.1, 0.15) is 32.6 Å². The van der Waals surface area contributed by atoms with Crippen LogP contribution in [0.5, 0.6) is 0 Å². The SMILES string of the molecule is CCCC1CC=NCC1. The van der Waals surface area contributed by atoms with Gasteiger partial charge in [-0.3, -0.25) is 4.99 Å². The van der Waals surface area contributed by atoms with E-state index >= 15 is 0 Å². The van der Waals surface area contributed by atoms with Crippen molar-refractivity contribution in [2.45, 2.75) is 32.6 Å². The van der Waals surface area contributed by atoms with E-state index in [1.165, 1.54) is 25.7 Å². The molecule has 0 bridgehead atoms. The topological polar surface area (TPSA) is 12.4 Å². The Hall–Kier alpha value is -0.330. The van der Waals surface area contributed by atoms with Crippen LogP contribution in [0, 0.1) is 5.92 Å². The summed E-state index contributed by atoms with van der Waals surface area (Å²) in [6.07, 6.45) is 7.37. The summed E-state index contributed by atoms with van der Waals surface area (Å²) in [7, 11) is 0. The van der Waals surface area contributed by atoms with Crippen molar-refractivity contribution < 1.29 is 0 Å². The van der Waals surface area contributed by atoms with Crippen LogP contribution in [0.25, 0.3) is 0 Å². The van der Waals surface area contributed by atoms with Gasteiger partial charge in [0.25, 0.3) is 0 Å². The average Bonchev–Trinajstić information content (AvgIpc) is 1.91. The van der Waals surface area contributed by atoms with E-state index in [1.807, 2.05) is 0 Å². The first-order valence-corrected chi connectivity index (χ1v) is 3.91. The summed E-state index contributed by atoms with van der Waals surface area (Å²) < 4.78 is 0. The van der Waals surface area contributed by atoms with Crippen LogP contribution >= 0.6 is 0 Å². The molecular formula is C8H15N. The third-order valence-electron chi connectivity index (χ3n) is 1.93. The molecule has 1 aliphatic heterocycles. The number of rotatable bonds is 2. The molecule has 1 aliphatic rings. The molecule has 0 amide bonds. The van der Waals surface area contributed by atoms with Crippen molar-refractivity contribution in [3.63, 3.8) is 0 Å². The first kappa shape index (κ1) is 6.79. The summed E-state index contributed by atoms with van der Waals surface area (Å²) in [5.74, 6) is 0.951. The maximum absolute atomic E-state index is 4.18. The molecule has 0 N–H and O–H groups in total. The Morgan fingerprint density at radius 1 is 1.67 bits per heavy atom. The molecule has 1 heterocycles. The fraction of sp³-hybridized carbons (Fsp3) is 0.875. The number of hydrogen-bond acceptors (Lipinski definition) is 1. The van der Waals surface area contributed by atoms with E-state index in [0.717, 1.165) is 12.5 Å². The molecule has 0 aromatic rings. The van der Waals surface area contributed by atoms with E-state index in [9.17, 15) is 0 Å². The Morgan fingerprint density at radius 3 is 3.11 bits per heavy atom. The molecule has 0 aromatic heterocycles. The molecule has 0 aliphatic carbocycles. The van der Waals surface area contributed by atoms with E-state index < -0.39 is 0 Å². The predicted molar refractivity (Wildman–Crippen MR) is 41.0 cm³/mol. The Morgan fingerprint density at radius 2 is 2.56 bits per heavy atom. The fourth-order valence-corrected chi connectivity index (χ4v) is 1.36. The second-order valence-electron chi connectivity index (χ2n) is 2.77. The van der Waals surface area contributed by atoms with Gasteiger partial charge in [0, 0.05) is 6.54 Å². The lowest BCUT2D eigenvalue weighted by molar-refractivity contribution is 0.457. The molecule has 1 atom stereocenters. The lowest BCUT2D eigenvalue weighted by Gasteiger charge is -2.15. The Kier molecular flexibility index (Phi) is 2.75. The normalized spacial score (nSPS) is 26.6. The smallest absolute Gasteiger partial charge is 0.0388 e. The van der Waals surface area contributed by atoms with Gasteiger partial charge in [0.1, 0.15) is 0 Å². The van der Waals surface area contributed by atoms with Crippen LogP contribution in [-0.2, 0) is 0 Å². The van der Waals surface area contributed by atoms with Gasteiger partial charge in [0.2, 0.25) is 0 Å². The van der Waals surface area contributed by atoms with E-state index in [4.69, 9.17) is 0 Å². The van der Waals surface area contributed by atoms with Gasteiger partial charge >= 0.3 is 0 Å². The lowest BCUT2D eigenvalue weighted by Crippen LogP contribution is -2.07. The minimum atomic E-state index is 0.951. The highest BCUT2D eigenvalue weighted by molar-refractivity contribution is 5.58. The maximum Gasteiger partial charge on any atom is 0.0388 e. The summed E-state index contributed by atoms with van der Waals surface area (Å²) in [6, 6.07) is 0. The Bertz CT molecular complexity index is 96.7. The fourth-order valence-electron chi connectivity index (χ4n) is 1.36. The predicted octanol–water partition coefficient (Wildman–Crippen LogP) is 2.27. The molecule has 1 nitrogen and oxygen atoms in total. The average molecular weight is 125 g/mol. The first-order valence-electron chi connectivity index (χ1n) is 3.91. The minimum Gasteiger partial charge on any atom is -0.298 e. The lowest BCUT2D eigenvalue weighted by atomic mass is 9.95. The van der Waals surface area contributed by atoms with E-state index in [1.54, 1.807) is 0 Å². The number of hydrogen-bond donors (Lipinski definition) is 0. The molecular weight excluding hydrogens is 110 g/mol. The Labute approximate surface area is 57.2 Å². The van der Waals surface area contributed by atoms with Gasteiger partial charge in [-0.1, -0.05) is 19.8 Å². The molecule has 0 fully saturated rings. The van der Waals surface area contributed by atoms with Crippen LogP contribution in [0.3, 0.4) is 0 Å². The molecule has 1 heteroatoms. The zero-order valence-electron chi connectivity index (χ0n) is 6.14. The monoisotopic (exact) mass is 125 g/mol. The van der Waals surface area contributed by atoms with Gasteiger partial charge in [-0.2, -0.15) is 0 Å². The molecule has 9 heavy (non-hydrogen) atoms. The summed E-state index contributed by atoms with van der Waals surface area (Å²) in [5.41, 5.74) is 0. The highest BCUT2D eigenvalue weighted by atomic mass is 14.7. The second-order valence-corrected chi connectivity index (χ2v) is 2.77. The van der Waals surface area contributed by atoms with Crippen molar-refractivity contribution in [2.75, 3.05) is 6.54 Å². The largest absolute Gasteiger partial charge is 0.298 e. The van der Waals surface area contributed by atoms with Crippen molar-refractivity contribution in [3.05, 3.63) is 0 Å². The van der Waals surface area contributed by atoms with Gasteiger partial charge in [-0.15, -0.1) is 0 Å². The minimum absolute atomic E-state index is 0.951. The summed E-state index contributed by atoms with van der Waals surface area (Å²) in [6.45, 7) is 3.33. The Balaban J connectivity index is 2.18. The van der Waals surface area contributed by atoms with Crippen LogP contribution in [-0.4, -0.2) is 12.8 Å². The van der Waals surface area contributed by atoms with E-state index in [-0.39, 0.29) is 0 Å². The van der Waals surface area contributed by atoms with Gasteiger partial charge in [-0.25, -0.2) is 0 Å². The first-order chi connectivity index (χ1) is 4.43. The summed E-state index contributed by atoms with van der Waals surface area (Å²) >= 11 is 0. The summed E-state index contributed by atoms with van der Waals surface area (Å²) in [4.78, 5) is 4.18. The van der Waals surface area contributed by atoms with Gasteiger partial charge in [0.15, 0.2) is 0 Å². The van der Waals surface area contributed by atoms with Crippen LogP contribution in [0.15, 0.2) is 4.99 Å². The highest BCUT2D eigenvalue weighted by Crippen LogP contribution is 2.16. The molecule has 0 spiro atoms. The molecule has 1 rings (SSSR count). The van der Waals surface area contributed by atoms with Crippen molar-refractivity contribution in [2.24, 2.45) is 10.9 Å². The number of nitrogens with zero attached hydrogens (tertiary/aromatic N) is 1. The quantitative estimate of drug-likeness (QED) is 0.537. The van der Waals surface area contributed by atoms with Gasteiger partial charge in [0.05, 0.1) is 0 Å². The highest BCUT2D eigenvalue weighted by Gasteiger charge is 2.07. The van der Waals surface area contributed by atoms with Crippen molar-refractivity contribution >= 4 is 6.21 Å². The zero-order chi connectivity index (χ0) is 6.53. The summed E-state index contributed by atoms with van der Waals surface area (Å²) in [5, 5.41) is 0. The van der Waals surface area contributed by atoms with Crippen molar-refractivity contribution in [3.8, 4) is 0 Å². The maximum atomic E-state index is 4.18. The number of aliphatic imine (C=N–C) groups is 1.